The largest absolute Gasteiger partial charge is 0.371 e. The maximum atomic E-state index is 11.2. The van der Waals surface area contributed by atoms with E-state index in [1.54, 1.807) is 0 Å². The standard InChI is InChI=1S/C13H19N3O/c14-8-10-3-1-5-12(7-10)16-6-2-4-11(9-16)13(15)17/h1,3,5,7,11H,2,4,6,8-9,14H2,(H2,15,17). The Morgan fingerprint density at radius 1 is 1.47 bits per heavy atom. The van der Waals surface area contributed by atoms with E-state index in [2.05, 4.69) is 17.0 Å². The molecule has 1 aromatic carbocycles. The van der Waals surface area contributed by atoms with Crippen LogP contribution in [0.5, 0.6) is 0 Å². The number of benzene rings is 1. The van der Waals surface area contributed by atoms with Crippen LogP contribution >= 0.6 is 0 Å². The van der Waals surface area contributed by atoms with Gasteiger partial charge in [-0.2, -0.15) is 0 Å². The number of piperidine rings is 1. The van der Waals surface area contributed by atoms with E-state index in [4.69, 9.17) is 11.5 Å². The van der Waals surface area contributed by atoms with Crippen molar-refractivity contribution in [1.82, 2.24) is 0 Å². The number of carbonyl (C=O) groups excluding carboxylic acids is 1. The summed E-state index contributed by atoms with van der Waals surface area (Å²) in [5, 5.41) is 0. The molecule has 1 aliphatic rings. The first-order valence-corrected chi connectivity index (χ1v) is 6.04. The minimum Gasteiger partial charge on any atom is -0.371 e. The summed E-state index contributed by atoms with van der Waals surface area (Å²) in [4.78, 5) is 13.5. The molecule has 1 heterocycles. The summed E-state index contributed by atoms with van der Waals surface area (Å²) in [7, 11) is 0. The fraction of sp³-hybridized carbons (Fsp3) is 0.462. The Balaban J connectivity index is 2.13. The molecule has 92 valence electrons. The van der Waals surface area contributed by atoms with Crippen molar-refractivity contribution in [2.24, 2.45) is 17.4 Å². The third-order valence-corrected chi connectivity index (χ3v) is 3.34. The summed E-state index contributed by atoms with van der Waals surface area (Å²) in [6.07, 6.45) is 1.92. The third kappa shape index (κ3) is 2.77. The molecule has 0 bridgehead atoms. The lowest BCUT2D eigenvalue weighted by molar-refractivity contribution is -0.122. The predicted octanol–water partition coefficient (Wildman–Crippen LogP) is 0.847. The van der Waals surface area contributed by atoms with Crippen molar-refractivity contribution in [1.29, 1.82) is 0 Å². The first kappa shape index (κ1) is 11.9. The lowest BCUT2D eigenvalue weighted by Gasteiger charge is -2.33. The van der Waals surface area contributed by atoms with E-state index >= 15 is 0 Å². The topological polar surface area (TPSA) is 72.3 Å². The van der Waals surface area contributed by atoms with Crippen LogP contribution in [0.2, 0.25) is 0 Å². The van der Waals surface area contributed by atoms with Crippen LogP contribution in [-0.4, -0.2) is 19.0 Å². The van der Waals surface area contributed by atoms with Gasteiger partial charge in [0.25, 0.3) is 0 Å². The number of nitrogens with zero attached hydrogens (tertiary/aromatic N) is 1. The van der Waals surface area contributed by atoms with Gasteiger partial charge in [0.15, 0.2) is 0 Å². The summed E-state index contributed by atoms with van der Waals surface area (Å²) in [5.41, 5.74) is 13.3. The second-order valence-electron chi connectivity index (χ2n) is 4.56. The van der Waals surface area contributed by atoms with Gasteiger partial charge in [-0.05, 0) is 30.5 Å². The molecule has 0 radical (unpaired) electrons. The van der Waals surface area contributed by atoms with Crippen LogP contribution < -0.4 is 16.4 Å². The SMILES string of the molecule is NCc1cccc(N2CCCC(C(N)=O)C2)c1. The zero-order valence-electron chi connectivity index (χ0n) is 9.93. The average molecular weight is 233 g/mol. The van der Waals surface area contributed by atoms with E-state index in [-0.39, 0.29) is 11.8 Å². The molecule has 0 aromatic heterocycles. The first-order valence-electron chi connectivity index (χ1n) is 6.04. The smallest absolute Gasteiger partial charge is 0.222 e. The maximum Gasteiger partial charge on any atom is 0.222 e. The molecule has 1 saturated heterocycles. The number of anilines is 1. The van der Waals surface area contributed by atoms with Crippen LogP contribution in [0.4, 0.5) is 5.69 Å². The van der Waals surface area contributed by atoms with Crippen molar-refractivity contribution in [3.05, 3.63) is 29.8 Å². The Bertz CT molecular complexity index is 405. The van der Waals surface area contributed by atoms with Crippen LogP contribution in [0, 0.1) is 5.92 Å². The molecule has 1 amide bonds. The highest BCUT2D eigenvalue weighted by atomic mass is 16.1. The predicted molar refractivity (Wildman–Crippen MR) is 68.5 cm³/mol. The molecular weight excluding hydrogens is 214 g/mol. The van der Waals surface area contributed by atoms with Crippen LogP contribution in [-0.2, 0) is 11.3 Å². The quantitative estimate of drug-likeness (QED) is 0.813. The van der Waals surface area contributed by atoms with E-state index in [1.807, 2.05) is 12.1 Å². The van der Waals surface area contributed by atoms with Crippen molar-refractivity contribution in [3.63, 3.8) is 0 Å². The second-order valence-corrected chi connectivity index (χ2v) is 4.56. The average Bonchev–Trinajstić information content (AvgIpc) is 2.39. The highest BCUT2D eigenvalue weighted by Crippen LogP contribution is 2.23. The minimum atomic E-state index is -0.190. The number of hydrogen-bond acceptors (Lipinski definition) is 3. The maximum absolute atomic E-state index is 11.2. The molecule has 1 fully saturated rings. The summed E-state index contributed by atoms with van der Waals surface area (Å²) < 4.78 is 0. The van der Waals surface area contributed by atoms with Crippen LogP contribution in [0.25, 0.3) is 0 Å². The van der Waals surface area contributed by atoms with Crippen molar-refractivity contribution in [2.75, 3.05) is 18.0 Å². The Morgan fingerprint density at radius 3 is 3.00 bits per heavy atom. The van der Waals surface area contributed by atoms with E-state index in [9.17, 15) is 4.79 Å². The van der Waals surface area contributed by atoms with Gasteiger partial charge in [-0.15, -0.1) is 0 Å². The lowest BCUT2D eigenvalue weighted by Crippen LogP contribution is -2.41. The van der Waals surface area contributed by atoms with Crippen LogP contribution in [0.1, 0.15) is 18.4 Å². The molecule has 0 saturated carbocycles. The van der Waals surface area contributed by atoms with Crippen molar-refractivity contribution in [3.8, 4) is 0 Å². The molecule has 1 aliphatic heterocycles. The van der Waals surface area contributed by atoms with E-state index < -0.39 is 0 Å². The van der Waals surface area contributed by atoms with Gasteiger partial charge in [-0.3, -0.25) is 4.79 Å². The number of rotatable bonds is 3. The molecule has 0 spiro atoms. The zero-order valence-corrected chi connectivity index (χ0v) is 9.93. The van der Waals surface area contributed by atoms with Gasteiger partial charge in [-0.1, -0.05) is 12.1 Å². The highest BCUT2D eigenvalue weighted by molar-refractivity contribution is 5.77. The second kappa shape index (κ2) is 5.19. The molecular formula is C13H19N3O. The van der Waals surface area contributed by atoms with Crippen molar-refractivity contribution in [2.45, 2.75) is 19.4 Å². The molecule has 4 nitrogen and oxygen atoms in total. The Kier molecular flexibility index (Phi) is 3.64. The monoisotopic (exact) mass is 233 g/mol. The zero-order chi connectivity index (χ0) is 12.3. The molecule has 4 heteroatoms. The molecule has 4 N–H and O–H groups in total. The van der Waals surface area contributed by atoms with Gasteiger partial charge in [0.2, 0.25) is 5.91 Å². The highest BCUT2D eigenvalue weighted by Gasteiger charge is 2.23. The van der Waals surface area contributed by atoms with Crippen molar-refractivity contribution >= 4 is 11.6 Å². The summed E-state index contributed by atoms with van der Waals surface area (Å²) in [6.45, 7) is 2.25. The number of primary amides is 1. The van der Waals surface area contributed by atoms with Gasteiger partial charge < -0.3 is 16.4 Å². The molecule has 0 aliphatic carbocycles. The number of carbonyl (C=O) groups is 1. The fourth-order valence-electron chi connectivity index (χ4n) is 2.32. The van der Waals surface area contributed by atoms with Gasteiger partial charge in [-0.25, -0.2) is 0 Å². The normalized spacial score (nSPS) is 20.3. The fourth-order valence-corrected chi connectivity index (χ4v) is 2.32. The van der Waals surface area contributed by atoms with Crippen molar-refractivity contribution < 1.29 is 4.79 Å². The molecule has 1 unspecified atom stereocenters. The summed E-state index contributed by atoms with van der Waals surface area (Å²) >= 11 is 0. The Hall–Kier alpha value is -1.55. The Labute approximate surface area is 102 Å². The number of nitrogens with two attached hydrogens (primary N) is 2. The van der Waals surface area contributed by atoms with Gasteiger partial charge in [0.05, 0.1) is 5.92 Å². The number of amides is 1. The van der Waals surface area contributed by atoms with Gasteiger partial charge >= 0.3 is 0 Å². The van der Waals surface area contributed by atoms with E-state index in [0.717, 1.165) is 37.2 Å². The van der Waals surface area contributed by atoms with Gasteiger partial charge in [0.1, 0.15) is 0 Å². The van der Waals surface area contributed by atoms with Crippen LogP contribution in [0.3, 0.4) is 0 Å². The number of hydrogen-bond donors (Lipinski definition) is 2. The van der Waals surface area contributed by atoms with E-state index in [0.29, 0.717) is 6.54 Å². The summed E-state index contributed by atoms with van der Waals surface area (Å²) in [5.74, 6) is -0.213. The molecule has 2 rings (SSSR count). The molecule has 1 atom stereocenters. The van der Waals surface area contributed by atoms with Gasteiger partial charge in [0, 0.05) is 25.3 Å². The van der Waals surface area contributed by atoms with Crippen LogP contribution in [0.15, 0.2) is 24.3 Å². The molecule has 17 heavy (non-hydrogen) atoms. The first-order chi connectivity index (χ1) is 8.20. The third-order valence-electron chi connectivity index (χ3n) is 3.34. The van der Waals surface area contributed by atoms with E-state index in [1.165, 1.54) is 0 Å². The Morgan fingerprint density at radius 2 is 2.29 bits per heavy atom. The molecule has 1 aromatic rings. The lowest BCUT2D eigenvalue weighted by atomic mass is 9.97. The summed E-state index contributed by atoms with van der Waals surface area (Å²) in [6, 6.07) is 8.16. The minimum absolute atomic E-state index is 0.0229.